The molecule has 136 valence electrons. The van der Waals surface area contributed by atoms with E-state index in [1.54, 1.807) is 22.7 Å². The van der Waals surface area contributed by atoms with E-state index in [4.69, 9.17) is 0 Å². The van der Waals surface area contributed by atoms with E-state index in [2.05, 4.69) is 20.8 Å². The van der Waals surface area contributed by atoms with Crippen LogP contribution in [0.3, 0.4) is 0 Å². The van der Waals surface area contributed by atoms with E-state index in [0.717, 1.165) is 27.5 Å². The second-order valence-corrected chi connectivity index (χ2v) is 7.83. The quantitative estimate of drug-likeness (QED) is 0.520. The summed E-state index contributed by atoms with van der Waals surface area (Å²) in [4.78, 5) is 17.1. The molecular weight excluding hydrogens is 376 g/mol. The van der Waals surface area contributed by atoms with E-state index >= 15 is 0 Å². The Labute approximate surface area is 165 Å². The molecule has 0 spiro atoms. The van der Waals surface area contributed by atoms with Crippen molar-refractivity contribution in [2.45, 2.75) is 19.9 Å². The smallest absolute Gasteiger partial charge is 0.231 e. The van der Waals surface area contributed by atoms with Gasteiger partial charge in [0.2, 0.25) is 5.91 Å². The molecule has 1 aromatic carbocycles. The molecule has 4 aromatic rings. The van der Waals surface area contributed by atoms with Crippen LogP contribution >= 0.6 is 22.7 Å². The first-order valence-electron chi connectivity index (χ1n) is 8.52. The SMILES string of the molecule is Cc1cc(NC(=O)Cc2csc(-c3ccsc3)n2)n(Cc2ccccc2)n1. The number of nitrogens with zero attached hydrogens (tertiary/aromatic N) is 3. The van der Waals surface area contributed by atoms with Gasteiger partial charge in [0, 0.05) is 22.4 Å². The summed E-state index contributed by atoms with van der Waals surface area (Å²) in [5.41, 5.74) is 3.89. The van der Waals surface area contributed by atoms with Crippen LogP contribution in [0.4, 0.5) is 5.82 Å². The van der Waals surface area contributed by atoms with Crippen LogP contribution in [0.5, 0.6) is 0 Å². The van der Waals surface area contributed by atoms with Crippen molar-refractivity contribution in [1.29, 1.82) is 0 Å². The van der Waals surface area contributed by atoms with Crippen molar-refractivity contribution in [3.8, 4) is 10.6 Å². The number of carbonyl (C=O) groups excluding carboxylic acids is 1. The van der Waals surface area contributed by atoms with Crippen molar-refractivity contribution in [2.75, 3.05) is 5.32 Å². The summed E-state index contributed by atoms with van der Waals surface area (Å²) < 4.78 is 1.82. The van der Waals surface area contributed by atoms with Crippen molar-refractivity contribution in [3.63, 3.8) is 0 Å². The van der Waals surface area contributed by atoms with E-state index in [1.807, 2.05) is 64.8 Å². The molecule has 0 radical (unpaired) electrons. The van der Waals surface area contributed by atoms with Gasteiger partial charge in [-0.05, 0) is 23.9 Å². The summed E-state index contributed by atoms with van der Waals surface area (Å²) in [6, 6.07) is 14.0. The van der Waals surface area contributed by atoms with Gasteiger partial charge in [-0.15, -0.1) is 11.3 Å². The van der Waals surface area contributed by atoms with E-state index in [1.165, 1.54) is 0 Å². The fraction of sp³-hybridized carbons (Fsp3) is 0.150. The highest BCUT2D eigenvalue weighted by Crippen LogP contribution is 2.26. The van der Waals surface area contributed by atoms with Gasteiger partial charge in [0.15, 0.2) is 0 Å². The summed E-state index contributed by atoms with van der Waals surface area (Å²) in [6.07, 6.45) is 0.246. The minimum absolute atomic E-state index is 0.0913. The Balaban J connectivity index is 1.44. The standard InChI is InChI=1S/C20H18N4OS2/c1-14-9-18(24(23-14)11-15-5-3-2-4-6-15)22-19(25)10-17-13-27-20(21-17)16-7-8-26-12-16/h2-9,12-13H,10-11H2,1H3,(H,22,25). The predicted molar refractivity (Wildman–Crippen MR) is 110 cm³/mol. The number of aromatic nitrogens is 3. The summed E-state index contributed by atoms with van der Waals surface area (Å²) in [5.74, 6) is 0.612. The zero-order valence-electron chi connectivity index (χ0n) is 14.8. The van der Waals surface area contributed by atoms with Gasteiger partial charge in [-0.2, -0.15) is 16.4 Å². The molecule has 1 N–H and O–H groups in total. The third kappa shape index (κ3) is 4.32. The van der Waals surface area contributed by atoms with Crippen LogP contribution in [-0.4, -0.2) is 20.7 Å². The fourth-order valence-corrected chi connectivity index (χ4v) is 4.31. The number of hydrogen-bond acceptors (Lipinski definition) is 5. The highest BCUT2D eigenvalue weighted by molar-refractivity contribution is 7.14. The molecule has 7 heteroatoms. The molecular formula is C20H18N4OS2. The van der Waals surface area contributed by atoms with Gasteiger partial charge in [0.1, 0.15) is 10.8 Å². The molecule has 0 aliphatic heterocycles. The summed E-state index contributed by atoms with van der Waals surface area (Å²) in [5, 5.41) is 14.4. The number of amides is 1. The number of hydrogen-bond donors (Lipinski definition) is 1. The monoisotopic (exact) mass is 394 g/mol. The van der Waals surface area contributed by atoms with Crippen LogP contribution < -0.4 is 5.32 Å². The minimum atomic E-state index is -0.0913. The minimum Gasteiger partial charge on any atom is -0.311 e. The average Bonchev–Trinajstić information content (AvgIpc) is 3.38. The number of anilines is 1. The predicted octanol–water partition coefficient (Wildman–Crippen LogP) is 4.61. The van der Waals surface area contributed by atoms with Gasteiger partial charge < -0.3 is 5.32 Å². The first-order valence-corrected chi connectivity index (χ1v) is 10.3. The fourth-order valence-electron chi connectivity index (χ4n) is 2.78. The zero-order valence-corrected chi connectivity index (χ0v) is 16.4. The molecule has 3 heterocycles. The Morgan fingerprint density at radius 3 is 2.81 bits per heavy atom. The van der Waals surface area contributed by atoms with E-state index in [-0.39, 0.29) is 12.3 Å². The molecule has 4 rings (SSSR count). The van der Waals surface area contributed by atoms with E-state index < -0.39 is 0 Å². The third-order valence-corrected chi connectivity index (χ3v) is 5.63. The molecule has 0 aliphatic carbocycles. The van der Waals surface area contributed by atoms with Crippen LogP contribution in [0, 0.1) is 6.92 Å². The first-order chi connectivity index (χ1) is 13.2. The highest BCUT2D eigenvalue weighted by Gasteiger charge is 2.13. The van der Waals surface area contributed by atoms with Crippen LogP contribution in [-0.2, 0) is 17.8 Å². The maximum absolute atomic E-state index is 12.5. The number of thiazole rings is 1. The maximum Gasteiger partial charge on any atom is 0.231 e. The second kappa shape index (κ2) is 7.85. The van der Waals surface area contributed by atoms with Crippen molar-refractivity contribution < 1.29 is 4.79 Å². The number of aryl methyl sites for hydroxylation is 1. The molecule has 3 aromatic heterocycles. The lowest BCUT2D eigenvalue weighted by atomic mass is 10.2. The second-order valence-electron chi connectivity index (χ2n) is 6.20. The maximum atomic E-state index is 12.5. The van der Waals surface area contributed by atoms with Gasteiger partial charge >= 0.3 is 0 Å². The Kier molecular flexibility index (Phi) is 5.13. The number of thiophene rings is 1. The van der Waals surface area contributed by atoms with Gasteiger partial charge in [-0.25, -0.2) is 9.67 Å². The van der Waals surface area contributed by atoms with Crippen LogP contribution in [0.1, 0.15) is 17.0 Å². The van der Waals surface area contributed by atoms with E-state index in [0.29, 0.717) is 12.4 Å². The molecule has 0 aliphatic rings. The Hall–Kier alpha value is -2.77. The van der Waals surface area contributed by atoms with Gasteiger partial charge in [-0.1, -0.05) is 30.3 Å². The lowest BCUT2D eigenvalue weighted by molar-refractivity contribution is -0.115. The summed E-state index contributed by atoms with van der Waals surface area (Å²) in [7, 11) is 0. The Bertz CT molecular complexity index is 1040. The van der Waals surface area contributed by atoms with Crippen molar-refractivity contribution >= 4 is 34.4 Å². The topological polar surface area (TPSA) is 59.8 Å². The number of benzene rings is 1. The normalized spacial score (nSPS) is 10.9. The third-order valence-electron chi connectivity index (χ3n) is 4.01. The first kappa shape index (κ1) is 17.6. The lowest BCUT2D eigenvalue weighted by Crippen LogP contribution is -2.18. The van der Waals surface area contributed by atoms with Crippen molar-refractivity contribution in [3.05, 3.63) is 75.6 Å². The number of rotatable bonds is 6. The summed E-state index contributed by atoms with van der Waals surface area (Å²) in [6.45, 7) is 2.54. The van der Waals surface area contributed by atoms with Crippen molar-refractivity contribution in [2.24, 2.45) is 0 Å². The van der Waals surface area contributed by atoms with E-state index in [9.17, 15) is 4.79 Å². The van der Waals surface area contributed by atoms with Gasteiger partial charge in [0.05, 0.1) is 24.4 Å². The molecule has 0 saturated carbocycles. The largest absolute Gasteiger partial charge is 0.311 e. The van der Waals surface area contributed by atoms with Crippen molar-refractivity contribution in [1.82, 2.24) is 14.8 Å². The van der Waals surface area contributed by atoms with Crippen LogP contribution in [0.25, 0.3) is 10.6 Å². The Morgan fingerprint density at radius 1 is 1.19 bits per heavy atom. The molecule has 0 bridgehead atoms. The molecule has 0 unspecified atom stereocenters. The highest BCUT2D eigenvalue weighted by atomic mass is 32.1. The lowest BCUT2D eigenvalue weighted by Gasteiger charge is -2.08. The molecule has 0 saturated heterocycles. The summed E-state index contributed by atoms with van der Waals surface area (Å²) >= 11 is 3.20. The van der Waals surface area contributed by atoms with Crippen LogP contribution in [0.15, 0.2) is 58.6 Å². The molecule has 27 heavy (non-hydrogen) atoms. The zero-order chi connectivity index (χ0) is 18.6. The molecule has 0 atom stereocenters. The number of carbonyl (C=O) groups is 1. The molecule has 1 amide bonds. The Morgan fingerprint density at radius 2 is 2.04 bits per heavy atom. The van der Waals surface area contributed by atoms with Crippen LogP contribution in [0.2, 0.25) is 0 Å². The molecule has 0 fully saturated rings. The van der Waals surface area contributed by atoms with Gasteiger partial charge in [-0.3, -0.25) is 4.79 Å². The van der Waals surface area contributed by atoms with Gasteiger partial charge in [0.25, 0.3) is 0 Å². The molecule has 5 nitrogen and oxygen atoms in total. The number of nitrogens with one attached hydrogen (secondary N) is 1. The average molecular weight is 395 g/mol.